The van der Waals surface area contributed by atoms with Crippen molar-refractivity contribution in [1.29, 1.82) is 0 Å². The maximum Gasteiger partial charge on any atom is 0.191 e. The first kappa shape index (κ1) is 24.7. The van der Waals surface area contributed by atoms with Crippen LogP contribution >= 0.6 is 24.0 Å². The van der Waals surface area contributed by atoms with E-state index in [2.05, 4.69) is 63.2 Å². The van der Waals surface area contributed by atoms with Gasteiger partial charge in [0.15, 0.2) is 5.96 Å². The van der Waals surface area contributed by atoms with Gasteiger partial charge in [-0.2, -0.15) is 0 Å². The van der Waals surface area contributed by atoms with Gasteiger partial charge in [0.2, 0.25) is 0 Å². The Kier molecular flexibility index (Phi) is 11.2. The Balaban J connectivity index is 0.00000320. The Morgan fingerprint density at radius 2 is 1.93 bits per heavy atom. The Labute approximate surface area is 198 Å². The third kappa shape index (κ3) is 7.91. The van der Waals surface area contributed by atoms with Crippen LogP contribution in [0, 0.1) is 0 Å². The first-order valence-corrected chi connectivity index (χ1v) is 11.1. The van der Waals surface area contributed by atoms with Crippen molar-refractivity contribution < 1.29 is 0 Å². The highest BCUT2D eigenvalue weighted by molar-refractivity contribution is 14.0. The maximum absolute atomic E-state index is 4.77. The number of hydrogen-bond acceptors (Lipinski definition) is 3. The minimum atomic E-state index is 0. The van der Waals surface area contributed by atoms with Crippen molar-refractivity contribution in [3.8, 4) is 0 Å². The van der Waals surface area contributed by atoms with E-state index in [4.69, 9.17) is 4.99 Å². The van der Waals surface area contributed by atoms with Crippen LogP contribution in [0.3, 0.4) is 0 Å². The first-order chi connectivity index (χ1) is 14.3. The van der Waals surface area contributed by atoms with Crippen LogP contribution in [0.15, 0.2) is 48.0 Å². The molecule has 1 aliphatic heterocycles. The molecule has 30 heavy (non-hydrogen) atoms. The van der Waals surface area contributed by atoms with Gasteiger partial charge < -0.3 is 15.2 Å². The van der Waals surface area contributed by atoms with E-state index in [9.17, 15) is 0 Å². The number of nitrogens with zero attached hydrogens (tertiary/aromatic N) is 4. The predicted molar refractivity (Wildman–Crippen MR) is 136 cm³/mol. The van der Waals surface area contributed by atoms with E-state index in [1.54, 1.807) is 0 Å². The second-order valence-electron chi connectivity index (χ2n) is 7.77. The van der Waals surface area contributed by atoms with Gasteiger partial charge in [0.1, 0.15) is 0 Å². The van der Waals surface area contributed by atoms with Crippen LogP contribution in [0.5, 0.6) is 0 Å². The summed E-state index contributed by atoms with van der Waals surface area (Å²) in [6.45, 7) is 10.1. The zero-order chi connectivity index (χ0) is 20.3. The Morgan fingerprint density at radius 1 is 1.13 bits per heavy atom. The summed E-state index contributed by atoms with van der Waals surface area (Å²) in [7, 11) is 0. The van der Waals surface area contributed by atoms with Gasteiger partial charge in [-0.05, 0) is 43.9 Å². The summed E-state index contributed by atoms with van der Waals surface area (Å²) in [5.41, 5.74) is 2.49. The summed E-state index contributed by atoms with van der Waals surface area (Å²) >= 11 is 0. The number of benzene rings is 1. The third-order valence-electron chi connectivity index (χ3n) is 5.62. The average molecular weight is 524 g/mol. The number of nitrogens with one attached hydrogen (secondary N) is 2. The zero-order valence-corrected chi connectivity index (χ0v) is 20.7. The molecular formula is C23H37IN6. The zero-order valence-electron chi connectivity index (χ0n) is 18.4. The third-order valence-corrected chi connectivity index (χ3v) is 5.62. The fraction of sp³-hybridized carbons (Fsp3) is 0.565. The van der Waals surface area contributed by atoms with Crippen molar-refractivity contribution in [1.82, 2.24) is 25.1 Å². The van der Waals surface area contributed by atoms with E-state index in [0.717, 1.165) is 38.2 Å². The minimum Gasteiger partial charge on any atom is -0.357 e. The van der Waals surface area contributed by atoms with Gasteiger partial charge in [-0.3, -0.25) is 4.90 Å². The highest BCUT2D eigenvalue weighted by Crippen LogP contribution is 2.18. The van der Waals surface area contributed by atoms with Crippen LogP contribution in [-0.2, 0) is 13.1 Å². The molecule has 166 valence electrons. The number of hydrogen-bond donors (Lipinski definition) is 2. The molecule has 1 fully saturated rings. The fourth-order valence-electron chi connectivity index (χ4n) is 3.99. The molecule has 2 aromatic rings. The predicted octanol–water partition coefficient (Wildman–Crippen LogP) is 3.87. The van der Waals surface area contributed by atoms with Crippen LogP contribution in [-0.4, -0.2) is 52.6 Å². The second-order valence-corrected chi connectivity index (χ2v) is 7.77. The van der Waals surface area contributed by atoms with Crippen molar-refractivity contribution in [3.05, 3.63) is 54.1 Å². The van der Waals surface area contributed by atoms with E-state index in [1.165, 1.54) is 43.4 Å². The SMILES string of the molecule is CCNC(=NCc1ccc(Cn2ccnc2)cc1)NCCN1CCCCC1CC.I. The van der Waals surface area contributed by atoms with Crippen LogP contribution in [0.4, 0.5) is 0 Å². The van der Waals surface area contributed by atoms with Gasteiger partial charge in [0, 0.05) is 44.6 Å². The summed E-state index contributed by atoms with van der Waals surface area (Å²) in [5, 5.41) is 6.88. The molecule has 7 heteroatoms. The van der Waals surface area contributed by atoms with E-state index in [1.807, 2.05) is 18.7 Å². The normalized spacial score (nSPS) is 17.4. The quantitative estimate of drug-likeness (QED) is 0.297. The summed E-state index contributed by atoms with van der Waals surface area (Å²) in [6, 6.07) is 9.43. The summed E-state index contributed by atoms with van der Waals surface area (Å²) in [5.74, 6) is 0.903. The molecule has 1 aliphatic rings. The molecule has 0 aliphatic carbocycles. The molecule has 6 nitrogen and oxygen atoms in total. The molecule has 1 aromatic carbocycles. The topological polar surface area (TPSA) is 57.5 Å². The largest absolute Gasteiger partial charge is 0.357 e. The van der Waals surface area contributed by atoms with Crippen LogP contribution in [0.1, 0.15) is 50.7 Å². The summed E-state index contributed by atoms with van der Waals surface area (Å²) in [6.07, 6.45) is 11.0. The van der Waals surface area contributed by atoms with Gasteiger partial charge in [-0.25, -0.2) is 9.98 Å². The molecular weight excluding hydrogens is 487 g/mol. The molecule has 0 spiro atoms. The molecule has 3 rings (SSSR count). The van der Waals surface area contributed by atoms with Gasteiger partial charge in [0.25, 0.3) is 0 Å². The number of likely N-dealkylation sites (tertiary alicyclic amines) is 1. The molecule has 1 aromatic heterocycles. The van der Waals surface area contributed by atoms with Gasteiger partial charge in [-0.15, -0.1) is 24.0 Å². The minimum absolute atomic E-state index is 0. The average Bonchev–Trinajstić information content (AvgIpc) is 3.26. The van der Waals surface area contributed by atoms with E-state index in [0.29, 0.717) is 6.54 Å². The monoisotopic (exact) mass is 524 g/mol. The van der Waals surface area contributed by atoms with Crippen molar-refractivity contribution in [2.75, 3.05) is 26.2 Å². The Morgan fingerprint density at radius 3 is 2.63 bits per heavy atom. The number of guanidine groups is 1. The van der Waals surface area contributed by atoms with Gasteiger partial charge in [0.05, 0.1) is 12.9 Å². The maximum atomic E-state index is 4.77. The van der Waals surface area contributed by atoms with Crippen molar-refractivity contribution in [3.63, 3.8) is 0 Å². The number of aromatic nitrogens is 2. The molecule has 1 atom stereocenters. The first-order valence-electron chi connectivity index (χ1n) is 11.1. The highest BCUT2D eigenvalue weighted by Gasteiger charge is 2.19. The lowest BCUT2D eigenvalue weighted by molar-refractivity contribution is 0.147. The second kappa shape index (κ2) is 13.6. The summed E-state index contributed by atoms with van der Waals surface area (Å²) < 4.78 is 2.08. The lowest BCUT2D eigenvalue weighted by atomic mass is 10.0. The number of piperidine rings is 1. The lowest BCUT2D eigenvalue weighted by Crippen LogP contribution is -2.45. The molecule has 0 radical (unpaired) electrons. The van der Waals surface area contributed by atoms with Crippen LogP contribution < -0.4 is 10.6 Å². The van der Waals surface area contributed by atoms with E-state index in [-0.39, 0.29) is 24.0 Å². The number of halogens is 1. The standard InChI is InChI=1S/C23H36N6.HI/c1-3-22-7-5-6-14-29(22)16-13-26-23(25-4-2)27-17-20-8-10-21(11-9-20)18-28-15-12-24-19-28;/h8-12,15,19,22H,3-7,13-14,16-18H2,1-2H3,(H2,25,26,27);1H. The van der Waals surface area contributed by atoms with Crippen LogP contribution in [0.2, 0.25) is 0 Å². The molecule has 1 saturated heterocycles. The van der Waals surface area contributed by atoms with E-state index < -0.39 is 0 Å². The van der Waals surface area contributed by atoms with Crippen molar-refractivity contribution in [2.24, 2.45) is 4.99 Å². The molecule has 0 bridgehead atoms. The molecule has 0 saturated carbocycles. The van der Waals surface area contributed by atoms with Gasteiger partial charge >= 0.3 is 0 Å². The molecule has 2 N–H and O–H groups in total. The highest BCUT2D eigenvalue weighted by atomic mass is 127. The smallest absolute Gasteiger partial charge is 0.191 e. The molecule has 2 heterocycles. The van der Waals surface area contributed by atoms with Crippen LogP contribution in [0.25, 0.3) is 0 Å². The fourth-order valence-corrected chi connectivity index (χ4v) is 3.99. The van der Waals surface area contributed by atoms with E-state index >= 15 is 0 Å². The van der Waals surface area contributed by atoms with Crippen molar-refractivity contribution >= 4 is 29.9 Å². The molecule has 1 unspecified atom stereocenters. The number of aliphatic imine (C=N–C) groups is 1. The Hall–Kier alpha value is -1.61. The molecule has 0 amide bonds. The Bertz CT molecular complexity index is 729. The van der Waals surface area contributed by atoms with Gasteiger partial charge in [-0.1, -0.05) is 37.6 Å². The summed E-state index contributed by atoms with van der Waals surface area (Å²) in [4.78, 5) is 11.5. The van der Waals surface area contributed by atoms with Crippen molar-refractivity contribution in [2.45, 2.75) is 58.7 Å². The lowest BCUT2D eigenvalue weighted by Gasteiger charge is -2.35. The number of rotatable bonds is 9. The number of imidazole rings is 1.